The fraction of sp³-hybridized carbons (Fsp3) is 0.694. The van der Waals surface area contributed by atoms with E-state index in [0.717, 1.165) is 12.8 Å². The Kier molecular flexibility index (Phi) is 10.7. The minimum absolute atomic E-state index is 0.0567. The average Bonchev–Trinajstić information content (AvgIpc) is 3.43. The zero-order chi connectivity index (χ0) is 33.2. The number of Topliss-reactive ketones (excluding diaryl/α,β-unsaturated/α-hetero) is 1. The Balaban J connectivity index is 1.55. The smallest absolute Gasteiger partial charge is 0.331 e. The molecule has 0 aliphatic heterocycles. The van der Waals surface area contributed by atoms with Gasteiger partial charge in [-0.2, -0.15) is 0 Å². The van der Waals surface area contributed by atoms with Crippen molar-refractivity contribution in [1.82, 2.24) is 0 Å². The first-order chi connectivity index (χ1) is 21.2. The Hall–Kier alpha value is -2.59. The maximum absolute atomic E-state index is 13.2. The van der Waals surface area contributed by atoms with Gasteiger partial charge in [0.05, 0.1) is 18.3 Å². The molecule has 0 spiro atoms. The van der Waals surface area contributed by atoms with E-state index in [9.17, 15) is 34.8 Å². The molecule has 9 atom stereocenters. The first-order valence-corrected chi connectivity index (χ1v) is 16.6. The van der Waals surface area contributed by atoms with Gasteiger partial charge in [0.1, 0.15) is 17.8 Å². The molecule has 4 N–H and O–H groups in total. The highest BCUT2D eigenvalue weighted by Crippen LogP contribution is 2.76. The molecule has 0 amide bonds. The number of aliphatic hydroxyl groups is 4. The molecule has 250 valence electrons. The van der Waals surface area contributed by atoms with E-state index in [-0.39, 0.29) is 19.4 Å². The van der Waals surface area contributed by atoms with Crippen LogP contribution in [0.3, 0.4) is 0 Å². The molecule has 0 aromatic carbocycles. The van der Waals surface area contributed by atoms with Gasteiger partial charge in [0.25, 0.3) is 0 Å². The summed E-state index contributed by atoms with van der Waals surface area (Å²) in [4.78, 5) is 38.3. The van der Waals surface area contributed by atoms with Crippen molar-refractivity contribution < 1.29 is 44.3 Å². The molecule has 4 aliphatic carbocycles. The van der Waals surface area contributed by atoms with Crippen molar-refractivity contribution in [3.63, 3.8) is 0 Å². The van der Waals surface area contributed by atoms with Crippen molar-refractivity contribution >= 4 is 17.7 Å². The summed E-state index contributed by atoms with van der Waals surface area (Å²) in [6.45, 7) is 8.30. The number of fused-ring (bicyclic) bond motifs is 5. The molecular formula is C36H52O9. The quantitative estimate of drug-likeness (QED) is 0.0727. The lowest BCUT2D eigenvalue weighted by atomic mass is 9.60. The van der Waals surface area contributed by atoms with E-state index in [1.54, 1.807) is 31.2 Å². The average molecular weight is 629 g/mol. The predicted molar refractivity (Wildman–Crippen MR) is 169 cm³/mol. The molecule has 0 aromatic heterocycles. The zero-order valence-corrected chi connectivity index (χ0v) is 27.5. The monoisotopic (exact) mass is 628 g/mol. The van der Waals surface area contributed by atoms with Crippen LogP contribution < -0.4 is 0 Å². The van der Waals surface area contributed by atoms with Gasteiger partial charge in [-0.15, -0.1) is 0 Å². The van der Waals surface area contributed by atoms with Crippen molar-refractivity contribution in [2.45, 2.75) is 115 Å². The lowest BCUT2D eigenvalue weighted by molar-refractivity contribution is -0.185. The number of allylic oxidation sites excluding steroid dienone is 2. The molecule has 0 bridgehead atoms. The van der Waals surface area contributed by atoms with Crippen LogP contribution in [-0.2, 0) is 23.9 Å². The van der Waals surface area contributed by atoms with Gasteiger partial charge >= 0.3 is 11.9 Å². The number of rotatable bonds is 14. The summed E-state index contributed by atoms with van der Waals surface area (Å²) in [7, 11) is 0. The molecule has 4 aliphatic rings. The second kappa shape index (κ2) is 13.6. The maximum atomic E-state index is 13.2. The molecule has 0 aromatic rings. The number of hydrogen-bond donors (Lipinski definition) is 4. The lowest BCUT2D eigenvalue weighted by Gasteiger charge is -2.50. The highest BCUT2D eigenvalue weighted by atomic mass is 16.6. The van der Waals surface area contributed by atoms with Crippen LogP contribution in [0, 0.1) is 29.1 Å². The van der Waals surface area contributed by atoms with Gasteiger partial charge in [-0.05, 0) is 36.8 Å². The molecule has 9 nitrogen and oxygen atoms in total. The van der Waals surface area contributed by atoms with Crippen LogP contribution in [0.2, 0.25) is 0 Å². The van der Waals surface area contributed by atoms with Gasteiger partial charge in [-0.3, -0.25) is 9.59 Å². The van der Waals surface area contributed by atoms with Crippen molar-refractivity contribution in [3.8, 4) is 0 Å². The molecular weight excluding hydrogens is 576 g/mol. The minimum atomic E-state index is -1.90. The van der Waals surface area contributed by atoms with E-state index < -0.39 is 76.3 Å². The van der Waals surface area contributed by atoms with Crippen LogP contribution in [0.25, 0.3) is 0 Å². The van der Waals surface area contributed by atoms with Crippen LogP contribution in [-0.4, -0.2) is 74.3 Å². The van der Waals surface area contributed by atoms with Gasteiger partial charge < -0.3 is 29.9 Å². The summed E-state index contributed by atoms with van der Waals surface area (Å²) < 4.78 is 11.7. The number of esters is 2. The van der Waals surface area contributed by atoms with E-state index in [0.29, 0.717) is 17.6 Å². The van der Waals surface area contributed by atoms with Crippen LogP contribution in [0.5, 0.6) is 0 Å². The van der Waals surface area contributed by atoms with Gasteiger partial charge in [0.15, 0.2) is 5.78 Å². The summed E-state index contributed by atoms with van der Waals surface area (Å²) in [5.41, 5.74) is -4.71. The summed E-state index contributed by atoms with van der Waals surface area (Å²) in [5, 5.41) is 44.8. The fourth-order valence-electron chi connectivity index (χ4n) is 8.64. The molecule has 0 radical (unpaired) electrons. The number of unbranched alkanes of at least 4 members (excludes halogenated alkanes) is 5. The van der Waals surface area contributed by atoms with Crippen molar-refractivity contribution in [1.29, 1.82) is 0 Å². The number of carbonyl (C=O) groups is 3. The van der Waals surface area contributed by atoms with Crippen LogP contribution in [0.1, 0.15) is 92.4 Å². The molecule has 9 heteroatoms. The summed E-state index contributed by atoms with van der Waals surface area (Å²) in [6.07, 6.45) is 16.4. The molecule has 0 saturated heterocycles. The Morgan fingerprint density at radius 2 is 1.80 bits per heavy atom. The lowest BCUT2D eigenvalue weighted by Crippen LogP contribution is -2.61. The van der Waals surface area contributed by atoms with Gasteiger partial charge in [-0.25, -0.2) is 4.79 Å². The second-order valence-electron chi connectivity index (χ2n) is 14.1. The minimum Gasteiger partial charge on any atom is -0.465 e. The maximum Gasteiger partial charge on any atom is 0.331 e. The SMILES string of the molecule is CCCCCCCC[C@H](O)C=CC=CC(=O)O[C@@]12C[C@@H](C)[C@@]3(O)[C@@H](C=C(CO)C[C@]4(O)C(=O)C(C)=C[C@@H]34)[C@@H]1[C@@]2(C)COC(C)=O. The molecule has 0 unspecified atom stereocenters. The van der Waals surface area contributed by atoms with Gasteiger partial charge in [-0.1, -0.05) is 89.7 Å². The fourth-order valence-corrected chi connectivity index (χ4v) is 8.64. The van der Waals surface area contributed by atoms with E-state index in [2.05, 4.69) is 6.92 Å². The van der Waals surface area contributed by atoms with E-state index >= 15 is 0 Å². The Morgan fingerprint density at radius 1 is 1.11 bits per heavy atom. The summed E-state index contributed by atoms with van der Waals surface area (Å²) >= 11 is 0. The number of carbonyl (C=O) groups excluding carboxylic acids is 3. The van der Waals surface area contributed by atoms with E-state index in [1.165, 1.54) is 44.8 Å². The number of hydrogen-bond acceptors (Lipinski definition) is 9. The topological polar surface area (TPSA) is 151 Å². The van der Waals surface area contributed by atoms with Gasteiger partial charge in [0, 0.05) is 42.6 Å². The summed E-state index contributed by atoms with van der Waals surface area (Å²) in [5.74, 6) is -4.29. The standard InChI is InChI=1S/C36H52O9/c1-6-7-8-9-10-11-14-27(39)15-12-13-16-30(40)45-35-19-24(3)36(43)28(31(35)33(35,5)22-44-25(4)38)18-26(21-37)20-34(42)29(36)17-23(2)32(34)41/h12-13,15-18,24,27-29,31,37,39,42-43H,6-11,14,19-22H2,1-5H3/t24-,27+,28+,29-,31-,33-,34-,35+,36-/m1/s1. The Bertz CT molecular complexity index is 1260. The predicted octanol–water partition coefficient (Wildman–Crippen LogP) is 4.28. The molecule has 2 fully saturated rings. The molecule has 2 saturated carbocycles. The molecule has 45 heavy (non-hydrogen) atoms. The Labute approximate surface area is 267 Å². The zero-order valence-electron chi connectivity index (χ0n) is 27.5. The third kappa shape index (κ3) is 6.38. The highest BCUT2D eigenvalue weighted by molar-refractivity contribution is 6.04. The van der Waals surface area contributed by atoms with Crippen molar-refractivity contribution in [3.05, 3.63) is 47.6 Å². The normalized spacial score (nSPS) is 37.8. The van der Waals surface area contributed by atoms with Crippen LogP contribution in [0.4, 0.5) is 0 Å². The first kappa shape index (κ1) is 35.3. The highest BCUT2D eigenvalue weighted by Gasteiger charge is 2.85. The third-order valence-corrected chi connectivity index (χ3v) is 11.0. The number of aliphatic hydroxyl groups excluding tert-OH is 2. The second-order valence-corrected chi connectivity index (χ2v) is 14.1. The molecule has 4 rings (SSSR count). The van der Waals surface area contributed by atoms with E-state index in [1.807, 2.05) is 13.8 Å². The number of ether oxygens (including phenoxy) is 2. The first-order valence-electron chi connectivity index (χ1n) is 16.6. The largest absolute Gasteiger partial charge is 0.465 e. The van der Waals surface area contributed by atoms with Crippen molar-refractivity contribution in [2.24, 2.45) is 29.1 Å². The number of ketones is 1. The van der Waals surface area contributed by atoms with Crippen LogP contribution in [0.15, 0.2) is 47.6 Å². The Morgan fingerprint density at radius 3 is 2.47 bits per heavy atom. The summed E-state index contributed by atoms with van der Waals surface area (Å²) in [6, 6.07) is 0. The van der Waals surface area contributed by atoms with Gasteiger partial charge in [0.2, 0.25) is 0 Å². The van der Waals surface area contributed by atoms with E-state index in [4.69, 9.17) is 9.47 Å². The third-order valence-electron chi connectivity index (χ3n) is 11.0. The molecule has 0 heterocycles. The van der Waals surface area contributed by atoms with Crippen LogP contribution >= 0.6 is 0 Å². The van der Waals surface area contributed by atoms with Crippen molar-refractivity contribution in [2.75, 3.05) is 13.2 Å².